The van der Waals surface area contributed by atoms with E-state index < -0.39 is 5.60 Å². The normalized spacial score (nSPS) is 17.0. The van der Waals surface area contributed by atoms with E-state index in [0.29, 0.717) is 12.3 Å². The van der Waals surface area contributed by atoms with E-state index in [-0.39, 0.29) is 18.4 Å². The zero-order valence-corrected chi connectivity index (χ0v) is 14.0. The van der Waals surface area contributed by atoms with Crippen molar-refractivity contribution in [2.24, 2.45) is 5.92 Å². The number of carbonyl (C=O) groups excluding carboxylic acids is 1. The molecule has 0 N–H and O–H groups in total. The fourth-order valence-corrected chi connectivity index (χ4v) is 2.71. The van der Waals surface area contributed by atoms with E-state index in [1.807, 2.05) is 25.1 Å². The molecule has 0 heterocycles. The van der Waals surface area contributed by atoms with Gasteiger partial charge in [0.1, 0.15) is 5.60 Å². The van der Waals surface area contributed by atoms with E-state index >= 15 is 0 Å². The molecule has 0 aromatic heterocycles. The number of ether oxygens (including phenoxy) is 1. The summed E-state index contributed by atoms with van der Waals surface area (Å²) in [5, 5.41) is 0. The standard InChI is InChI=1S/C17H25NO2.ClH/c1-4-16(19)20-17(15-10-11-15,12-13-18(2)3)14-8-6-5-7-9-14;/h5-9,15H,4,10-13H2,1-3H3;1H. The lowest BCUT2D eigenvalue weighted by Crippen LogP contribution is -2.37. The number of hydrogen-bond donors (Lipinski definition) is 0. The number of carbonyl (C=O) groups is 1. The highest BCUT2D eigenvalue weighted by atomic mass is 35.5. The second-order valence-corrected chi connectivity index (χ2v) is 5.91. The van der Waals surface area contributed by atoms with Gasteiger partial charge in [-0.25, -0.2) is 0 Å². The molecule has 118 valence electrons. The van der Waals surface area contributed by atoms with E-state index in [1.165, 1.54) is 0 Å². The monoisotopic (exact) mass is 311 g/mol. The van der Waals surface area contributed by atoms with Crippen LogP contribution in [-0.4, -0.2) is 31.5 Å². The molecule has 1 aromatic rings. The van der Waals surface area contributed by atoms with Crippen LogP contribution in [0.5, 0.6) is 0 Å². The highest BCUT2D eigenvalue weighted by molar-refractivity contribution is 5.85. The third-order valence-electron chi connectivity index (χ3n) is 4.01. The summed E-state index contributed by atoms with van der Waals surface area (Å²) >= 11 is 0. The molecule has 1 fully saturated rings. The Labute approximate surface area is 134 Å². The molecule has 3 nitrogen and oxygen atoms in total. The molecule has 0 radical (unpaired) electrons. The Morgan fingerprint density at radius 3 is 2.38 bits per heavy atom. The Kier molecular flexibility index (Phi) is 6.69. The Morgan fingerprint density at radius 1 is 1.29 bits per heavy atom. The highest BCUT2D eigenvalue weighted by Crippen LogP contribution is 2.50. The third-order valence-corrected chi connectivity index (χ3v) is 4.01. The first kappa shape index (κ1) is 18.0. The second-order valence-electron chi connectivity index (χ2n) is 5.91. The number of hydrogen-bond acceptors (Lipinski definition) is 3. The molecule has 0 bridgehead atoms. The third kappa shape index (κ3) is 4.45. The van der Waals surface area contributed by atoms with Crippen molar-refractivity contribution < 1.29 is 9.53 Å². The van der Waals surface area contributed by atoms with Gasteiger partial charge in [0, 0.05) is 25.3 Å². The minimum atomic E-state index is -0.432. The molecule has 1 saturated carbocycles. The molecule has 0 aliphatic heterocycles. The zero-order chi connectivity index (χ0) is 14.6. The van der Waals surface area contributed by atoms with E-state index in [1.54, 1.807) is 0 Å². The number of halogens is 1. The van der Waals surface area contributed by atoms with Gasteiger partial charge in [0.05, 0.1) is 0 Å². The summed E-state index contributed by atoms with van der Waals surface area (Å²) in [6.07, 6.45) is 3.60. The van der Waals surface area contributed by atoms with Crippen molar-refractivity contribution in [3.05, 3.63) is 35.9 Å². The maximum Gasteiger partial charge on any atom is 0.306 e. The molecule has 1 atom stereocenters. The van der Waals surface area contributed by atoms with Crippen LogP contribution in [-0.2, 0) is 15.1 Å². The molecule has 1 aromatic carbocycles. The topological polar surface area (TPSA) is 29.5 Å². The molecule has 2 rings (SSSR count). The quantitative estimate of drug-likeness (QED) is 0.720. The molecule has 21 heavy (non-hydrogen) atoms. The minimum Gasteiger partial charge on any atom is -0.454 e. The predicted molar refractivity (Wildman–Crippen MR) is 87.6 cm³/mol. The van der Waals surface area contributed by atoms with Gasteiger partial charge in [-0.05, 0) is 32.5 Å². The van der Waals surface area contributed by atoms with Gasteiger partial charge in [0.15, 0.2) is 0 Å². The number of esters is 1. The van der Waals surface area contributed by atoms with Crippen LogP contribution in [0.1, 0.15) is 38.2 Å². The van der Waals surface area contributed by atoms with Gasteiger partial charge in [-0.2, -0.15) is 0 Å². The van der Waals surface area contributed by atoms with Crippen LogP contribution < -0.4 is 0 Å². The highest BCUT2D eigenvalue weighted by Gasteiger charge is 2.49. The summed E-state index contributed by atoms with van der Waals surface area (Å²) in [5.74, 6) is 0.375. The van der Waals surface area contributed by atoms with Crippen molar-refractivity contribution >= 4 is 18.4 Å². The average molecular weight is 312 g/mol. The molecule has 0 saturated heterocycles. The van der Waals surface area contributed by atoms with Crippen LogP contribution in [0.4, 0.5) is 0 Å². The van der Waals surface area contributed by atoms with Gasteiger partial charge in [-0.1, -0.05) is 37.3 Å². The molecule has 1 unspecified atom stereocenters. The van der Waals surface area contributed by atoms with Crippen LogP contribution in [0.15, 0.2) is 30.3 Å². The molecule has 0 spiro atoms. The van der Waals surface area contributed by atoms with Crippen molar-refractivity contribution in [2.45, 2.75) is 38.2 Å². The van der Waals surface area contributed by atoms with Crippen molar-refractivity contribution in [3.8, 4) is 0 Å². The molecule has 4 heteroatoms. The largest absolute Gasteiger partial charge is 0.454 e. The first-order valence-electron chi connectivity index (χ1n) is 7.50. The van der Waals surface area contributed by atoms with Crippen LogP contribution in [0.25, 0.3) is 0 Å². The summed E-state index contributed by atoms with van der Waals surface area (Å²) in [5.41, 5.74) is 0.713. The van der Waals surface area contributed by atoms with Gasteiger partial charge in [-0.15, -0.1) is 12.4 Å². The van der Waals surface area contributed by atoms with Crippen LogP contribution in [0.3, 0.4) is 0 Å². The van der Waals surface area contributed by atoms with Gasteiger partial charge in [-0.3, -0.25) is 4.79 Å². The van der Waals surface area contributed by atoms with Crippen molar-refractivity contribution in [1.82, 2.24) is 4.90 Å². The summed E-state index contributed by atoms with van der Waals surface area (Å²) in [7, 11) is 4.12. The molecular formula is C17H26ClNO2. The number of benzene rings is 1. The maximum atomic E-state index is 11.9. The smallest absolute Gasteiger partial charge is 0.306 e. The SMILES string of the molecule is CCC(=O)OC(CCN(C)C)(c1ccccc1)C1CC1.Cl. The lowest BCUT2D eigenvalue weighted by atomic mass is 9.85. The number of rotatable bonds is 7. The first-order chi connectivity index (χ1) is 9.58. The average Bonchev–Trinajstić information content (AvgIpc) is 3.29. The van der Waals surface area contributed by atoms with E-state index in [2.05, 4.69) is 31.1 Å². The van der Waals surface area contributed by atoms with E-state index in [4.69, 9.17) is 4.74 Å². The van der Waals surface area contributed by atoms with Crippen LogP contribution in [0, 0.1) is 5.92 Å². The van der Waals surface area contributed by atoms with Gasteiger partial charge in [0.25, 0.3) is 0 Å². The molecule has 1 aliphatic carbocycles. The fraction of sp³-hybridized carbons (Fsp3) is 0.588. The summed E-state index contributed by atoms with van der Waals surface area (Å²) in [6, 6.07) is 10.3. The van der Waals surface area contributed by atoms with Crippen molar-refractivity contribution in [1.29, 1.82) is 0 Å². The summed E-state index contributed by atoms with van der Waals surface area (Å²) < 4.78 is 5.98. The van der Waals surface area contributed by atoms with E-state index in [0.717, 1.165) is 31.4 Å². The summed E-state index contributed by atoms with van der Waals surface area (Å²) in [6.45, 7) is 2.78. The van der Waals surface area contributed by atoms with Crippen LogP contribution >= 0.6 is 12.4 Å². The van der Waals surface area contributed by atoms with Crippen molar-refractivity contribution in [3.63, 3.8) is 0 Å². The minimum absolute atomic E-state index is 0. The summed E-state index contributed by atoms with van der Waals surface area (Å²) in [4.78, 5) is 14.1. The maximum absolute atomic E-state index is 11.9. The lowest BCUT2D eigenvalue weighted by Gasteiger charge is -2.35. The lowest BCUT2D eigenvalue weighted by molar-refractivity contribution is -0.165. The Morgan fingerprint density at radius 2 is 1.90 bits per heavy atom. The van der Waals surface area contributed by atoms with Gasteiger partial charge in [0.2, 0.25) is 0 Å². The predicted octanol–water partition coefficient (Wildman–Crippen LogP) is 3.62. The second kappa shape index (κ2) is 7.81. The number of nitrogens with zero attached hydrogens (tertiary/aromatic N) is 1. The van der Waals surface area contributed by atoms with Crippen LogP contribution in [0.2, 0.25) is 0 Å². The zero-order valence-electron chi connectivity index (χ0n) is 13.2. The van der Waals surface area contributed by atoms with Gasteiger partial charge < -0.3 is 9.64 Å². The van der Waals surface area contributed by atoms with Crippen molar-refractivity contribution in [2.75, 3.05) is 20.6 Å². The molecule has 1 aliphatic rings. The Bertz CT molecular complexity index is 445. The molecule has 0 amide bonds. The first-order valence-corrected chi connectivity index (χ1v) is 7.50. The Hall–Kier alpha value is -1.06. The molecular weight excluding hydrogens is 286 g/mol. The van der Waals surface area contributed by atoms with E-state index in [9.17, 15) is 4.79 Å². The Balaban J connectivity index is 0.00000220. The fourth-order valence-electron chi connectivity index (χ4n) is 2.71. The van der Waals surface area contributed by atoms with Gasteiger partial charge >= 0.3 is 5.97 Å².